The molecule has 0 fully saturated rings. The minimum Gasteiger partial charge on any atom is -0.372 e. The van der Waals surface area contributed by atoms with Crippen LogP contribution in [0.3, 0.4) is 0 Å². The van der Waals surface area contributed by atoms with Crippen LogP contribution in [0.2, 0.25) is 0 Å². The number of hydrogen-bond acceptors (Lipinski definition) is 4. The Bertz CT molecular complexity index is 460. The highest BCUT2D eigenvalue weighted by Gasteiger charge is 2.17. The Balaban J connectivity index is 2.81. The van der Waals surface area contributed by atoms with E-state index in [0.717, 1.165) is 0 Å². The van der Waals surface area contributed by atoms with Gasteiger partial charge in [0.2, 0.25) is 5.91 Å². The Hall–Kier alpha value is -1.37. The summed E-state index contributed by atoms with van der Waals surface area (Å²) in [5.41, 5.74) is 0.164. The average molecular weight is 303 g/mol. The highest BCUT2D eigenvalue weighted by molar-refractivity contribution is 9.10. The summed E-state index contributed by atoms with van der Waals surface area (Å²) >= 11 is 3.14. The Kier molecular flexibility index (Phi) is 4.68. The summed E-state index contributed by atoms with van der Waals surface area (Å²) in [6.07, 6.45) is 1.46. The van der Waals surface area contributed by atoms with E-state index in [-0.39, 0.29) is 11.5 Å². The van der Waals surface area contributed by atoms with Crippen molar-refractivity contribution in [3.63, 3.8) is 0 Å². The first-order chi connectivity index (χ1) is 7.97. The molecule has 1 rings (SSSR count). The second kappa shape index (κ2) is 5.81. The van der Waals surface area contributed by atoms with Gasteiger partial charge in [-0.15, -0.1) is 0 Å². The molecule has 1 unspecified atom stereocenters. The third-order valence-electron chi connectivity index (χ3n) is 2.39. The molecular weight excluding hydrogens is 288 g/mol. The maximum Gasteiger partial charge on any atom is 0.280 e. The number of aromatic amines is 1. The molecule has 94 valence electrons. The SMILES string of the molecule is CCN(C)C(=O)C(C)Nc1cn[nH]c(=O)c1Br. The molecule has 1 atom stereocenters. The molecule has 0 aromatic carbocycles. The summed E-state index contributed by atoms with van der Waals surface area (Å²) in [6, 6.07) is -0.417. The first kappa shape index (κ1) is 13.7. The zero-order valence-corrected chi connectivity index (χ0v) is 11.5. The monoisotopic (exact) mass is 302 g/mol. The van der Waals surface area contributed by atoms with Crippen molar-refractivity contribution >= 4 is 27.5 Å². The van der Waals surface area contributed by atoms with Crippen LogP contribution in [0.4, 0.5) is 5.69 Å². The molecule has 1 heterocycles. The van der Waals surface area contributed by atoms with Crippen LogP contribution in [0, 0.1) is 0 Å². The summed E-state index contributed by atoms with van der Waals surface area (Å²) in [5.74, 6) is -0.0420. The number of hydrogen-bond donors (Lipinski definition) is 2. The Morgan fingerprint density at radius 2 is 2.35 bits per heavy atom. The van der Waals surface area contributed by atoms with E-state index in [4.69, 9.17) is 0 Å². The number of halogens is 1. The third kappa shape index (κ3) is 3.29. The van der Waals surface area contributed by atoms with Crippen molar-refractivity contribution in [2.45, 2.75) is 19.9 Å². The summed E-state index contributed by atoms with van der Waals surface area (Å²) in [6.45, 7) is 4.27. The van der Waals surface area contributed by atoms with Gasteiger partial charge in [0, 0.05) is 13.6 Å². The average Bonchev–Trinajstić information content (AvgIpc) is 2.32. The lowest BCUT2D eigenvalue weighted by Crippen LogP contribution is -2.39. The fourth-order valence-corrected chi connectivity index (χ4v) is 1.57. The Labute approximate surface area is 108 Å². The summed E-state index contributed by atoms with van der Waals surface area (Å²) in [4.78, 5) is 24.7. The number of H-pyrrole nitrogens is 1. The zero-order valence-electron chi connectivity index (χ0n) is 9.95. The molecule has 1 aromatic heterocycles. The Morgan fingerprint density at radius 1 is 1.71 bits per heavy atom. The first-order valence-corrected chi connectivity index (χ1v) is 6.01. The van der Waals surface area contributed by atoms with E-state index in [9.17, 15) is 9.59 Å². The number of amides is 1. The number of nitrogens with zero attached hydrogens (tertiary/aromatic N) is 2. The molecule has 1 amide bonds. The van der Waals surface area contributed by atoms with Crippen molar-refractivity contribution in [1.29, 1.82) is 0 Å². The van der Waals surface area contributed by atoms with E-state index >= 15 is 0 Å². The maximum absolute atomic E-state index is 11.8. The highest BCUT2D eigenvalue weighted by atomic mass is 79.9. The molecule has 0 aliphatic rings. The largest absolute Gasteiger partial charge is 0.372 e. The first-order valence-electron chi connectivity index (χ1n) is 5.22. The Morgan fingerprint density at radius 3 is 2.94 bits per heavy atom. The van der Waals surface area contributed by atoms with E-state index in [2.05, 4.69) is 31.4 Å². The number of nitrogens with one attached hydrogen (secondary N) is 2. The molecule has 7 heteroatoms. The molecule has 2 N–H and O–H groups in total. The lowest BCUT2D eigenvalue weighted by atomic mass is 10.2. The minimum absolute atomic E-state index is 0.0420. The molecule has 6 nitrogen and oxygen atoms in total. The van der Waals surface area contributed by atoms with Gasteiger partial charge in [-0.2, -0.15) is 5.10 Å². The van der Waals surface area contributed by atoms with Gasteiger partial charge in [0.15, 0.2) is 0 Å². The third-order valence-corrected chi connectivity index (χ3v) is 3.18. The number of anilines is 1. The van der Waals surface area contributed by atoms with E-state index in [1.807, 2.05) is 6.92 Å². The molecule has 0 bridgehead atoms. The van der Waals surface area contributed by atoms with Gasteiger partial charge in [-0.3, -0.25) is 9.59 Å². The van der Waals surface area contributed by atoms with Gasteiger partial charge in [0.25, 0.3) is 5.56 Å². The van der Waals surface area contributed by atoms with Crippen LogP contribution < -0.4 is 10.9 Å². The fraction of sp³-hybridized carbons (Fsp3) is 0.500. The summed E-state index contributed by atoms with van der Waals surface area (Å²) < 4.78 is 0.339. The van der Waals surface area contributed by atoms with Crippen LogP contribution >= 0.6 is 15.9 Å². The van der Waals surface area contributed by atoms with E-state index < -0.39 is 6.04 Å². The summed E-state index contributed by atoms with van der Waals surface area (Å²) in [5, 5.41) is 8.90. The van der Waals surface area contributed by atoms with Gasteiger partial charge in [-0.25, -0.2) is 5.10 Å². The molecular formula is C10H15BrN4O2. The lowest BCUT2D eigenvalue weighted by molar-refractivity contribution is -0.130. The van der Waals surface area contributed by atoms with Crippen molar-refractivity contribution in [3.05, 3.63) is 21.0 Å². The van der Waals surface area contributed by atoms with Gasteiger partial charge in [-0.05, 0) is 29.8 Å². The zero-order chi connectivity index (χ0) is 13.0. The van der Waals surface area contributed by atoms with Gasteiger partial charge in [0.05, 0.1) is 11.9 Å². The van der Waals surface area contributed by atoms with Crippen molar-refractivity contribution in [2.24, 2.45) is 0 Å². The van der Waals surface area contributed by atoms with Crippen molar-refractivity contribution < 1.29 is 4.79 Å². The van der Waals surface area contributed by atoms with Crippen molar-refractivity contribution in [2.75, 3.05) is 18.9 Å². The predicted molar refractivity (Wildman–Crippen MR) is 69.0 cm³/mol. The smallest absolute Gasteiger partial charge is 0.280 e. The molecule has 0 saturated heterocycles. The van der Waals surface area contributed by atoms with E-state index in [1.165, 1.54) is 6.20 Å². The summed E-state index contributed by atoms with van der Waals surface area (Å²) in [7, 11) is 1.73. The van der Waals surface area contributed by atoms with Crippen LogP contribution in [0.25, 0.3) is 0 Å². The molecule has 0 aliphatic carbocycles. The topological polar surface area (TPSA) is 78.1 Å². The fourth-order valence-electron chi connectivity index (χ4n) is 1.27. The van der Waals surface area contributed by atoms with Gasteiger partial charge >= 0.3 is 0 Å². The molecule has 0 aliphatic heterocycles. The minimum atomic E-state index is -0.417. The standard InChI is InChI=1S/C10H15BrN4O2/c1-4-15(3)10(17)6(2)13-7-5-12-14-9(16)8(7)11/h5-6H,4H2,1-3H3,(H2,13,14,16). The van der Waals surface area contributed by atoms with Gasteiger partial charge in [-0.1, -0.05) is 0 Å². The highest BCUT2D eigenvalue weighted by Crippen LogP contribution is 2.16. The van der Waals surface area contributed by atoms with Crippen molar-refractivity contribution in [1.82, 2.24) is 15.1 Å². The van der Waals surface area contributed by atoms with Crippen LogP contribution in [-0.2, 0) is 4.79 Å². The number of likely N-dealkylation sites (N-methyl/N-ethyl adjacent to an activating group) is 1. The van der Waals surface area contributed by atoms with Crippen LogP contribution in [0.15, 0.2) is 15.5 Å². The predicted octanol–water partition coefficient (Wildman–Crippen LogP) is 0.811. The molecule has 0 saturated carbocycles. The normalized spacial score (nSPS) is 12.0. The molecule has 1 aromatic rings. The van der Waals surface area contributed by atoms with Gasteiger partial charge < -0.3 is 10.2 Å². The second-order valence-electron chi connectivity index (χ2n) is 3.65. The number of carbonyl (C=O) groups is 1. The number of rotatable bonds is 4. The van der Waals surface area contributed by atoms with Crippen LogP contribution in [0.5, 0.6) is 0 Å². The second-order valence-corrected chi connectivity index (χ2v) is 4.44. The molecule has 0 spiro atoms. The van der Waals surface area contributed by atoms with Crippen LogP contribution in [0.1, 0.15) is 13.8 Å². The quantitative estimate of drug-likeness (QED) is 0.863. The van der Waals surface area contributed by atoms with Crippen molar-refractivity contribution in [3.8, 4) is 0 Å². The molecule has 0 radical (unpaired) electrons. The lowest BCUT2D eigenvalue weighted by Gasteiger charge is -2.21. The molecule has 17 heavy (non-hydrogen) atoms. The van der Waals surface area contributed by atoms with E-state index in [1.54, 1.807) is 18.9 Å². The van der Waals surface area contributed by atoms with E-state index in [0.29, 0.717) is 16.7 Å². The maximum atomic E-state index is 11.8. The number of aromatic nitrogens is 2. The number of carbonyl (C=O) groups excluding carboxylic acids is 1. The van der Waals surface area contributed by atoms with Crippen LogP contribution in [-0.4, -0.2) is 40.6 Å². The van der Waals surface area contributed by atoms with Gasteiger partial charge in [0.1, 0.15) is 10.5 Å².